The molecule has 1 aliphatic heterocycles. The summed E-state index contributed by atoms with van der Waals surface area (Å²) in [5, 5.41) is 10.4. The molecule has 0 saturated carbocycles. The van der Waals surface area contributed by atoms with E-state index >= 15 is 0 Å². The highest BCUT2D eigenvalue weighted by molar-refractivity contribution is 7.15. The fourth-order valence-electron chi connectivity index (χ4n) is 3.77. The topological polar surface area (TPSA) is 87.7 Å². The summed E-state index contributed by atoms with van der Waals surface area (Å²) >= 11 is 2.80. The van der Waals surface area contributed by atoms with Crippen molar-refractivity contribution in [1.82, 2.24) is 10.2 Å². The fraction of sp³-hybridized carbons (Fsp3) is 0.522. The number of likely N-dealkylation sites (tertiary alicyclic amines) is 1. The Labute approximate surface area is 197 Å². The van der Waals surface area contributed by atoms with Crippen molar-refractivity contribution in [2.24, 2.45) is 5.92 Å². The summed E-state index contributed by atoms with van der Waals surface area (Å²) in [4.78, 5) is 40.2. The molecule has 7 nitrogen and oxygen atoms in total. The van der Waals surface area contributed by atoms with Crippen LogP contribution in [-0.2, 0) is 16.0 Å². The molecule has 1 aliphatic rings. The number of amides is 2. The zero-order valence-corrected chi connectivity index (χ0v) is 20.4. The van der Waals surface area contributed by atoms with Crippen LogP contribution in [0.5, 0.6) is 0 Å². The maximum absolute atomic E-state index is 12.7. The first-order valence-corrected chi connectivity index (χ1v) is 12.8. The van der Waals surface area contributed by atoms with Crippen molar-refractivity contribution in [3.63, 3.8) is 0 Å². The largest absolute Gasteiger partial charge is 0.462 e. The molecule has 0 atom stereocenters. The van der Waals surface area contributed by atoms with Gasteiger partial charge in [-0.3, -0.25) is 14.5 Å². The van der Waals surface area contributed by atoms with Crippen LogP contribution in [0, 0.1) is 5.92 Å². The lowest BCUT2D eigenvalue weighted by atomic mass is 10.0. The van der Waals surface area contributed by atoms with E-state index in [-0.39, 0.29) is 30.4 Å². The quantitative estimate of drug-likeness (QED) is 0.533. The van der Waals surface area contributed by atoms with E-state index in [0.717, 1.165) is 42.8 Å². The number of rotatable bonds is 9. The Balaban J connectivity index is 1.52. The van der Waals surface area contributed by atoms with Crippen LogP contribution in [0.15, 0.2) is 22.9 Å². The van der Waals surface area contributed by atoms with E-state index in [0.29, 0.717) is 23.1 Å². The van der Waals surface area contributed by atoms with Crippen LogP contribution >= 0.6 is 22.7 Å². The van der Waals surface area contributed by atoms with Gasteiger partial charge in [-0.05, 0) is 54.5 Å². The first-order valence-electron chi connectivity index (χ1n) is 11.0. The van der Waals surface area contributed by atoms with Crippen molar-refractivity contribution in [2.75, 3.05) is 31.6 Å². The summed E-state index contributed by atoms with van der Waals surface area (Å²) in [5.41, 5.74) is 1.40. The second-order valence-corrected chi connectivity index (χ2v) is 10.2. The number of nitrogens with one attached hydrogen (secondary N) is 2. The minimum atomic E-state index is -0.387. The zero-order chi connectivity index (χ0) is 23.1. The number of hydrogen-bond acceptors (Lipinski definition) is 7. The van der Waals surface area contributed by atoms with Gasteiger partial charge in [-0.15, -0.1) is 22.7 Å². The highest BCUT2D eigenvalue weighted by atomic mass is 32.1. The van der Waals surface area contributed by atoms with Gasteiger partial charge in [0, 0.05) is 19.1 Å². The summed E-state index contributed by atoms with van der Waals surface area (Å²) in [5.74, 6) is -0.169. The molecule has 1 fully saturated rings. The van der Waals surface area contributed by atoms with E-state index in [4.69, 9.17) is 4.74 Å². The van der Waals surface area contributed by atoms with Gasteiger partial charge in [0.05, 0.1) is 23.6 Å². The average Bonchev–Trinajstić information content (AvgIpc) is 3.40. The smallest absolute Gasteiger partial charge is 0.341 e. The van der Waals surface area contributed by atoms with E-state index in [1.807, 2.05) is 22.9 Å². The molecule has 2 aromatic heterocycles. The first kappa shape index (κ1) is 24.4. The monoisotopic (exact) mass is 477 g/mol. The number of hydrogen-bond donors (Lipinski definition) is 2. The molecule has 9 heteroatoms. The Morgan fingerprint density at radius 2 is 1.97 bits per heavy atom. The summed E-state index contributed by atoms with van der Waals surface area (Å²) < 4.78 is 5.22. The molecule has 0 radical (unpaired) electrons. The molecule has 3 heterocycles. The number of carbonyl (C=O) groups is 3. The van der Waals surface area contributed by atoms with Crippen molar-refractivity contribution >= 4 is 45.5 Å². The van der Waals surface area contributed by atoms with E-state index in [2.05, 4.69) is 29.4 Å². The molecule has 0 bridgehead atoms. The zero-order valence-electron chi connectivity index (χ0n) is 18.8. The van der Waals surface area contributed by atoms with Gasteiger partial charge in [0.25, 0.3) is 5.91 Å². The summed E-state index contributed by atoms with van der Waals surface area (Å²) in [6.07, 6.45) is 2.36. The average molecular weight is 478 g/mol. The van der Waals surface area contributed by atoms with Gasteiger partial charge < -0.3 is 15.4 Å². The molecule has 2 aromatic rings. The highest BCUT2D eigenvalue weighted by Gasteiger charge is 2.25. The fourth-order valence-corrected chi connectivity index (χ4v) is 5.38. The Bertz CT molecular complexity index is 916. The van der Waals surface area contributed by atoms with Crippen LogP contribution in [-0.4, -0.2) is 55.0 Å². The minimum absolute atomic E-state index is 0.0300. The number of anilines is 1. The molecule has 32 heavy (non-hydrogen) atoms. The van der Waals surface area contributed by atoms with Gasteiger partial charge in [-0.2, -0.15) is 0 Å². The third-order valence-electron chi connectivity index (χ3n) is 5.26. The van der Waals surface area contributed by atoms with Crippen LogP contribution < -0.4 is 10.6 Å². The lowest BCUT2D eigenvalue weighted by Gasteiger charge is -2.31. The number of nitrogens with zero attached hydrogens (tertiary/aromatic N) is 1. The standard InChI is InChI=1S/C23H31N3O4S2/c1-4-30-23(29)20-16(12-15(2)3)14-32-22(20)25-19(27)13-26-9-7-17(8-10-26)24-21(28)18-6-5-11-31-18/h5-6,11,14-15,17H,4,7-10,12-13H2,1-3H3,(H,24,28)(H,25,27). The second kappa shape index (κ2) is 11.6. The highest BCUT2D eigenvalue weighted by Crippen LogP contribution is 2.31. The van der Waals surface area contributed by atoms with Gasteiger partial charge in [-0.25, -0.2) is 4.79 Å². The molecule has 174 valence electrons. The minimum Gasteiger partial charge on any atom is -0.462 e. The van der Waals surface area contributed by atoms with Gasteiger partial charge in [-0.1, -0.05) is 19.9 Å². The predicted molar refractivity (Wildman–Crippen MR) is 129 cm³/mol. The molecule has 0 spiro atoms. The summed E-state index contributed by atoms with van der Waals surface area (Å²) in [6.45, 7) is 7.98. The Morgan fingerprint density at radius 3 is 2.59 bits per heavy atom. The third kappa shape index (κ3) is 6.63. The van der Waals surface area contributed by atoms with Gasteiger partial charge in [0.1, 0.15) is 5.00 Å². The Morgan fingerprint density at radius 1 is 1.22 bits per heavy atom. The van der Waals surface area contributed by atoms with Crippen LogP contribution in [0.2, 0.25) is 0 Å². The molecular formula is C23H31N3O4S2. The normalized spacial score (nSPS) is 15.0. The van der Waals surface area contributed by atoms with Crippen LogP contribution in [0.1, 0.15) is 59.2 Å². The maximum Gasteiger partial charge on any atom is 0.341 e. The van der Waals surface area contributed by atoms with Gasteiger partial charge in [0.15, 0.2) is 0 Å². The van der Waals surface area contributed by atoms with Crippen molar-refractivity contribution < 1.29 is 19.1 Å². The molecule has 0 aliphatic carbocycles. The summed E-state index contributed by atoms with van der Waals surface area (Å²) in [6, 6.07) is 3.81. The van der Waals surface area contributed by atoms with Crippen LogP contribution in [0.4, 0.5) is 5.00 Å². The SMILES string of the molecule is CCOC(=O)c1c(CC(C)C)csc1NC(=O)CN1CCC(NC(=O)c2cccs2)CC1. The van der Waals surface area contributed by atoms with E-state index in [9.17, 15) is 14.4 Å². The Kier molecular flexibility index (Phi) is 8.84. The van der Waals surface area contributed by atoms with Crippen LogP contribution in [0.3, 0.4) is 0 Å². The van der Waals surface area contributed by atoms with E-state index in [1.54, 1.807) is 6.92 Å². The van der Waals surface area contributed by atoms with Crippen molar-refractivity contribution in [1.29, 1.82) is 0 Å². The van der Waals surface area contributed by atoms with E-state index < -0.39 is 0 Å². The van der Waals surface area contributed by atoms with Crippen molar-refractivity contribution in [3.8, 4) is 0 Å². The maximum atomic E-state index is 12.7. The van der Waals surface area contributed by atoms with Crippen LogP contribution in [0.25, 0.3) is 0 Å². The predicted octanol–water partition coefficient (Wildman–Crippen LogP) is 4.02. The molecule has 3 rings (SSSR count). The van der Waals surface area contributed by atoms with Gasteiger partial charge in [0.2, 0.25) is 5.91 Å². The summed E-state index contributed by atoms with van der Waals surface area (Å²) in [7, 11) is 0. The third-order valence-corrected chi connectivity index (χ3v) is 7.08. The number of ether oxygens (including phenoxy) is 1. The molecule has 2 amide bonds. The molecular weight excluding hydrogens is 446 g/mol. The number of piperidine rings is 1. The second-order valence-electron chi connectivity index (χ2n) is 8.33. The lowest BCUT2D eigenvalue weighted by Crippen LogP contribution is -2.46. The molecule has 0 aromatic carbocycles. The Hall–Kier alpha value is -2.23. The molecule has 2 N–H and O–H groups in total. The molecule has 0 unspecified atom stereocenters. The molecule has 1 saturated heterocycles. The van der Waals surface area contributed by atoms with E-state index in [1.165, 1.54) is 22.7 Å². The number of carbonyl (C=O) groups excluding carboxylic acids is 3. The van der Waals surface area contributed by atoms with Gasteiger partial charge >= 0.3 is 5.97 Å². The lowest BCUT2D eigenvalue weighted by molar-refractivity contribution is -0.117. The van der Waals surface area contributed by atoms with Crippen molar-refractivity contribution in [2.45, 2.75) is 46.1 Å². The number of thiophene rings is 2. The first-order chi connectivity index (χ1) is 15.4. The van der Waals surface area contributed by atoms with Crippen molar-refractivity contribution in [3.05, 3.63) is 38.9 Å². The number of esters is 1.